The molecule has 1 heterocycles. The second-order valence-electron chi connectivity index (χ2n) is 7.08. The Hall–Kier alpha value is -2.45. The van der Waals surface area contributed by atoms with E-state index in [2.05, 4.69) is 24.7 Å². The summed E-state index contributed by atoms with van der Waals surface area (Å²) in [6.45, 7) is 10.2. The highest BCUT2D eigenvalue weighted by molar-refractivity contribution is 6.76. The predicted octanol–water partition coefficient (Wildman–Crippen LogP) is 3.17. The molecular formula is C18H26N2O5Si. The minimum Gasteiger partial charge on any atom is -0.478 e. The maximum Gasteiger partial charge on any atom is 0.335 e. The number of aromatic carboxylic acids is 2. The Labute approximate surface area is 154 Å². The van der Waals surface area contributed by atoms with Crippen LogP contribution in [0.25, 0.3) is 0 Å². The van der Waals surface area contributed by atoms with Crippen LogP contribution in [-0.2, 0) is 11.3 Å². The Morgan fingerprint density at radius 3 is 2.12 bits per heavy atom. The van der Waals surface area contributed by atoms with Gasteiger partial charge in [0.25, 0.3) is 0 Å². The number of nitrogens with zero attached hydrogens (tertiary/aromatic N) is 2. The third-order valence-electron chi connectivity index (χ3n) is 3.13. The predicted molar refractivity (Wildman–Crippen MR) is 101 cm³/mol. The average Bonchev–Trinajstić information content (AvgIpc) is 3.04. The van der Waals surface area contributed by atoms with Gasteiger partial charge < -0.3 is 14.9 Å². The zero-order valence-electron chi connectivity index (χ0n) is 15.6. The van der Waals surface area contributed by atoms with Crippen molar-refractivity contribution in [2.24, 2.45) is 0 Å². The molecule has 0 unspecified atom stereocenters. The lowest BCUT2D eigenvalue weighted by Crippen LogP contribution is -2.28. The highest BCUT2D eigenvalue weighted by Gasteiger charge is 2.12. The Balaban J connectivity index is 0.000000260. The van der Waals surface area contributed by atoms with Gasteiger partial charge in [-0.2, -0.15) is 5.10 Å². The SMILES string of the molecule is C[Si](C)(C)COCCn1cccn1.Cc1cc(C(=O)O)cc(C(=O)O)c1. The zero-order chi connectivity index (χ0) is 19.7. The number of aromatic nitrogens is 2. The Morgan fingerprint density at radius 1 is 1.12 bits per heavy atom. The largest absolute Gasteiger partial charge is 0.478 e. The van der Waals surface area contributed by atoms with E-state index in [-0.39, 0.29) is 11.1 Å². The third-order valence-corrected chi connectivity index (χ3v) is 4.20. The van der Waals surface area contributed by atoms with Crippen molar-refractivity contribution in [3.05, 3.63) is 53.3 Å². The average molecular weight is 379 g/mol. The molecule has 0 bridgehead atoms. The Bertz CT molecular complexity index is 691. The molecule has 0 saturated heterocycles. The van der Waals surface area contributed by atoms with E-state index in [9.17, 15) is 9.59 Å². The molecular weight excluding hydrogens is 352 g/mol. The summed E-state index contributed by atoms with van der Waals surface area (Å²) in [5.41, 5.74) is 0.618. The molecule has 1 aromatic carbocycles. The van der Waals surface area contributed by atoms with Crippen molar-refractivity contribution in [3.63, 3.8) is 0 Å². The van der Waals surface area contributed by atoms with Gasteiger partial charge in [-0.05, 0) is 36.8 Å². The van der Waals surface area contributed by atoms with Crippen LogP contribution < -0.4 is 0 Å². The highest BCUT2D eigenvalue weighted by Crippen LogP contribution is 2.09. The fraction of sp³-hybridized carbons (Fsp3) is 0.389. The van der Waals surface area contributed by atoms with Gasteiger partial charge in [-0.1, -0.05) is 19.6 Å². The summed E-state index contributed by atoms with van der Waals surface area (Å²) >= 11 is 0. The maximum atomic E-state index is 10.5. The molecule has 0 amide bonds. The van der Waals surface area contributed by atoms with Crippen LogP contribution in [0.3, 0.4) is 0 Å². The number of benzene rings is 1. The number of aryl methyl sites for hydroxylation is 1. The van der Waals surface area contributed by atoms with E-state index in [1.807, 2.05) is 16.9 Å². The smallest absolute Gasteiger partial charge is 0.335 e. The van der Waals surface area contributed by atoms with Crippen molar-refractivity contribution < 1.29 is 24.5 Å². The fourth-order valence-electron chi connectivity index (χ4n) is 2.00. The standard InChI is InChI=1S/C9H18N2OSi.C9H8O4/c1-13(2,3)9-12-8-7-11-6-4-5-10-11;1-5-2-6(8(10)11)4-7(3-5)9(12)13/h4-6H,7-9H2,1-3H3;2-4H,1H3,(H,10,11)(H,12,13). The van der Waals surface area contributed by atoms with E-state index >= 15 is 0 Å². The molecule has 8 heteroatoms. The van der Waals surface area contributed by atoms with Crippen molar-refractivity contribution in [3.8, 4) is 0 Å². The van der Waals surface area contributed by atoms with Crippen LogP contribution in [-0.4, -0.2) is 52.8 Å². The molecule has 7 nitrogen and oxygen atoms in total. The minimum absolute atomic E-state index is 0.00241. The van der Waals surface area contributed by atoms with Crippen LogP contribution in [0, 0.1) is 6.92 Å². The van der Waals surface area contributed by atoms with E-state index in [1.54, 1.807) is 13.1 Å². The van der Waals surface area contributed by atoms with Crippen LogP contribution in [0.1, 0.15) is 26.3 Å². The molecule has 0 saturated carbocycles. The summed E-state index contributed by atoms with van der Waals surface area (Å²) < 4.78 is 7.47. The number of hydrogen-bond donors (Lipinski definition) is 2. The summed E-state index contributed by atoms with van der Waals surface area (Å²) in [6.07, 6.45) is 4.69. The van der Waals surface area contributed by atoms with Gasteiger partial charge in [-0.25, -0.2) is 9.59 Å². The Kier molecular flexibility index (Phi) is 8.21. The van der Waals surface area contributed by atoms with E-state index < -0.39 is 20.0 Å². The van der Waals surface area contributed by atoms with Crippen LogP contribution in [0.5, 0.6) is 0 Å². The van der Waals surface area contributed by atoms with Gasteiger partial charge in [-0.3, -0.25) is 4.68 Å². The van der Waals surface area contributed by atoms with Crippen molar-refractivity contribution in [2.75, 3.05) is 12.8 Å². The monoisotopic (exact) mass is 378 g/mol. The molecule has 2 aromatic rings. The molecule has 26 heavy (non-hydrogen) atoms. The van der Waals surface area contributed by atoms with Crippen molar-refractivity contribution in [1.82, 2.24) is 9.78 Å². The molecule has 2 N–H and O–H groups in total. The van der Waals surface area contributed by atoms with E-state index in [0.29, 0.717) is 5.56 Å². The second-order valence-corrected chi connectivity index (χ2v) is 12.5. The number of rotatable bonds is 7. The van der Waals surface area contributed by atoms with Gasteiger partial charge >= 0.3 is 11.9 Å². The lowest BCUT2D eigenvalue weighted by atomic mass is 10.1. The summed E-state index contributed by atoms with van der Waals surface area (Å²) in [5, 5.41) is 21.3. The fourth-order valence-corrected chi connectivity index (χ4v) is 2.76. The van der Waals surface area contributed by atoms with Crippen molar-refractivity contribution in [2.45, 2.75) is 33.1 Å². The van der Waals surface area contributed by atoms with Gasteiger partial charge in [0, 0.05) is 18.6 Å². The Morgan fingerprint density at radius 2 is 1.69 bits per heavy atom. The first-order valence-corrected chi connectivity index (χ1v) is 11.9. The van der Waals surface area contributed by atoms with Gasteiger partial charge in [0.2, 0.25) is 0 Å². The zero-order valence-corrected chi connectivity index (χ0v) is 16.6. The molecule has 2 rings (SSSR count). The second kappa shape index (κ2) is 9.88. The lowest BCUT2D eigenvalue weighted by Gasteiger charge is -2.15. The molecule has 0 atom stereocenters. The first kappa shape index (κ1) is 21.6. The maximum absolute atomic E-state index is 10.5. The number of carbonyl (C=O) groups is 2. The molecule has 0 aliphatic heterocycles. The topological polar surface area (TPSA) is 102 Å². The van der Waals surface area contributed by atoms with Crippen LogP contribution in [0.15, 0.2) is 36.7 Å². The number of carboxylic acid groups (broad SMARTS) is 2. The van der Waals surface area contributed by atoms with E-state index in [4.69, 9.17) is 14.9 Å². The summed E-state index contributed by atoms with van der Waals surface area (Å²) in [7, 11) is -1.03. The van der Waals surface area contributed by atoms with Crippen LogP contribution in [0.2, 0.25) is 19.6 Å². The summed E-state index contributed by atoms with van der Waals surface area (Å²) in [4.78, 5) is 21.1. The first-order chi connectivity index (χ1) is 12.1. The summed E-state index contributed by atoms with van der Waals surface area (Å²) in [5.74, 6) is -2.24. The van der Waals surface area contributed by atoms with E-state index in [0.717, 1.165) is 25.4 Å². The van der Waals surface area contributed by atoms with Gasteiger partial charge in [-0.15, -0.1) is 0 Å². The normalized spacial score (nSPS) is 10.8. The molecule has 0 fully saturated rings. The quantitative estimate of drug-likeness (QED) is 0.567. The third kappa shape index (κ3) is 8.59. The van der Waals surface area contributed by atoms with Gasteiger partial charge in [0.05, 0.1) is 32.4 Å². The molecule has 142 valence electrons. The minimum atomic E-state index is -1.12. The summed E-state index contributed by atoms with van der Waals surface area (Å²) in [6, 6.07) is 5.92. The molecule has 0 spiro atoms. The number of hydrogen-bond acceptors (Lipinski definition) is 4. The number of carboxylic acids is 2. The van der Waals surface area contributed by atoms with Crippen molar-refractivity contribution in [1.29, 1.82) is 0 Å². The van der Waals surface area contributed by atoms with Crippen LogP contribution in [0.4, 0.5) is 0 Å². The molecule has 0 aliphatic carbocycles. The van der Waals surface area contributed by atoms with Crippen LogP contribution >= 0.6 is 0 Å². The lowest BCUT2D eigenvalue weighted by molar-refractivity contribution is 0.0696. The first-order valence-electron chi connectivity index (χ1n) is 8.22. The van der Waals surface area contributed by atoms with E-state index in [1.165, 1.54) is 12.1 Å². The van der Waals surface area contributed by atoms with Gasteiger partial charge in [0.15, 0.2) is 0 Å². The number of ether oxygens (including phenoxy) is 1. The molecule has 0 aliphatic rings. The molecule has 1 aromatic heterocycles. The van der Waals surface area contributed by atoms with Gasteiger partial charge in [0.1, 0.15) is 0 Å². The molecule has 0 radical (unpaired) electrons. The van der Waals surface area contributed by atoms with Crippen molar-refractivity contribution >= 4 is 20.0 Å². The highest BCUT2D eigenvalue weighted by atomic mass is 28.3.